The third-order valence-corrected chi connectivity index (χ3v) is 3.98. The second-order valence-electron chi connectivity index (χ2n) is 4.66. The smallest absolute Gasteiger partial charge is 0.157 e. The van der Waals surface area contributed by atoms with E-state index in [2.05, 4.69) is 22.5 Å². The van der Waals surface area contributed by atoms with E-state index in [1.807, 2.05) is 24.6 Å². The monoisotopic (exact) mass is 263 g/mol. The Morgan fingerprint density at radius 1 is 1.44 bits per heavy atom. The SMILES string of the molecule is Cn1cc(OCc2ccc(CNC3CC3)s2)cn1. The zero-order chi connectivity index (χ0) is 12.4. The molecule has 1 saturated carbocycles. The highest BCUT2D eigenvalue weighted by Gasteiger charge is 2.20. The van der Waals surface area contributed by atoms with Crippen molar-refractivity contribution < 1.29 is 4.74 Å². The average molecular weight is 263 g/mol. The van der Waals surface area contributed by atoms with Crippen LogP contribution in [0, 0.1) is 0 Å². The van der Waals surface area contributed by atoms with Crippen LogP contribution in [0.5, 0.6) is 5.75 Å². The molecule has 0 aliphatic heterocycles. The number of nitrogens with one attached hydrogen (secondary N) is 1. The summed E-state index contributed by atoms with van der Waals surface area (Å²) in [5, 5.41) is 7.59. The van der Waals surface area contributed by atoms with Gasteiger partial charge < -0.3 is 10.1 Å². The molecule has 18 heavy (non-hydrogen) atoms. The van der Waals surface area contributed by atoms with Gasteiger partial charge >= 0.3 is 0 Å². The van der Waals surface area contributed by atoms with Gasteiger partial charge in [0.25, 0.3) is 0 Å². The van der Waals surface area contributed by atoms with Crippen molar-refractivity contribution in [3.63, 3.8) is 0 Å². The van der Waals surface area contributed by atoms with Crippen LogP contribution in [0.25, 0.3) is 0 Å². The van der Waals surface area contributed by atoms with E-state index < -0.39 is 0 Å². The maximum absolute atomic E-state index is 5.67. The van der Waals surface area contributed by atoms with Crippen molar-refractivity contribution in [2.45, 2.75) is 32.0 Å². The van der Waals surface area contributed by atoms with Crippen molar-refractivity contribution >= 4 is 11.3 Å². The minimum atomic E-state index is 0.625. The minimum absolute atomic E-state index is 0.625. The summed E-state index contributed by atoms with van der Waals surface area (Å²) in [4.78, 5) is 2.64. The van der Waals surface area contributed by atoms with Gasteiger partial charge in [-0.15, -0.1) is 11.3 Å². The molecule has 0 amide bonds. The molecule has 1 aliphatic rings. The Morgan fingerprint density at radius 3 is 3.00 bits per heavy atom. The predicted molar refractivity (Wildman–Crippen MR) is 71.7 cm³/mol. The van der Waals surface area contributed by atoms with E-state index in [0.717, 1.165) is 18.3 Å². The van der Waals surface area contributed by atoms with Crippen LogP contribution < -0.4 is 10.1 Å². The van der Waals surface area contributed by atoms with Gasteiger partial charge in [-0.3, -0.25) is 4.68 Å². The van der Waals surface area contributed by atoms with Gasteiger partial charge in [0.2, 0.25) is 0 Å². The van der Waals surface area contributed by atoms with Crippen molar-refractivity contribution in [2.75, 3.05) is 0 Å². The number of thiophene rings is 1. The van der Waals surface area contributed by atoms with Gasteiger partial charge in [0.15, 0.2) is 5.75 Å². The van der Waals surface area contributed by atoms with Gasteiger partial charge in [-0.2, -0.15) is 5.10 Å². The zero-order valence-electron chi connectivity index (χ0n) is 10.4. The standard InChI is InChI=1S/C13H17N3OS/c1-16-8-11(6-15-16)17-9-13-5-4-12(18-13)7-14-10-2-3-10/h4-6,8,10,14H,2-3,7,9H2,1H3. The molecular weight excluding hydrogens is 246 g/mol. The van der Waals surface area contributed by atoms with Crippen molar-refractivity contribution in [3.05, 3.63) is 34.3 Å². The molecule has 96 valence electrons. The van der Waals surface area contributed by atoms with E-state index in [-0.39, 0.29) is 0 Å². The summed E-state index contributed by atoms with van der Waals surface area (Å²) in [5.74, 6) is 0.823. The Labute approximate surface area is 111 Å². The van der Waals surface area contributed by atoms with Crippen LogP contribution in [0.15, 0.2) is 24.5 Å². The van der Waals surface area contributed by atoms with Crippen LogP contribution >= 0.6 is 11.3 Å². The Hall–Kier alpha value is -1.33. The molecule has 0 saturated heterocycles. The highest BCUT2D eigenvalue weighted by molar-refractivity contribution is 7.11. The first-order valence-electron chi connectivity index (χ1n) is 6.22. The lowest BCUT2D eigenvalue weighted by Crippen LogP contribution is -2.14. The molecule has 0 spiro atoms. The normalized spacial score (nSPS) is 14.9. The van der Waals surface area contributed by atoms with E-state index in [0.29, 0.717) is 6.61 Å². The summed E-state index contributed by atoms with van der Waals surface area (Å²) in [6, 6.07) is 5.09. The molecule has 2 aromatic rings. The molecule has 1 N–H and O–H groups in total. The van der Waals surface area contributed by atoms with Gasteiger partial charge in [0, 0.05) is 29.4 Å². The molecule has 4 nitrogen and oxygen atoms in total. The molecule has 0 aromatic carbocycles. The molecule has 0 radical (unpaired) electrons. The molecule has 0 unspecified atom stereocenters. The van der Waals surface area contributed by atoms with Crippen molar-refractivity contribution in [3.8, 4) is 5.75 Å². The van der Waals surface area contributed by atoms with Crippen LogP contribution in [0.1, 0.15) is 22.6 Å². The topological polar surface area (TPSA) is 39.1 Å². The predicted octanol–water partition coefficient (Wildman–Crippen LogP) is 2.31. The van der Waals surface area contributed by atoms with E-state index in [1.54, 1.807) is 10.9 Å². The van der Waals surface area contributed by atoms with E-state index in [4.69, 9.17) is 4.74 Å². The molecule has 5 heteroatoms. The van der Waals surface area contributed by atoms with Crippen molar-refractivity contribution in [1.82, 2.24) is 15.1 Å². The summed E-state index contributed by atoms with van der Waals surface area (Å²) in [7, 11) is 1.89. The Balaban J connectivity index is 1.49. The third kappa shape index (κ3) is 3.11. The van der Waals surface area contributed by atoms with Crippen LogP contribution in [0.3, 0.4) is 0 Å². The number of aromatic nitrogens is 2. The lowest BCUT2D eigenvalue weighted by Gasteiger charge is -2.00. The fraction of sp³-hybridized carbons (Fsp3) is 0.462. The molecule has 1 aliphatic carbocycles. The van der Waals surface area contributed by atoms with E-state index in [9.17, 15) is 0 Å². The summed E-state index contributed by atoms with van der Waals surface area (Å²) >= 11 is 1.81. The molecule has 3 rings (SSSR count). The van der Waals surface area contributed by atoms with Crippen LogP contribution in [0.4, 0.5) is 0 Å². The molecule has 2 heterocycles. The zero-order valence-corrected chi connectivity index (χ0v) is 11.2. The molecule has 2 aromatic heterocycles. The number of ether oxygens (including phenoxy) is 1. The quantitative estimate of drug-likeness (QED) is 0.869. The molecule has 0 atom stereocenters. The highest BCUT2D eigenvalue weighted by atomic mass is 32.1. The lowest BCUT2D eigenvalue weighted by molar-refractivity contribution is 0.309. The van der Waals surface area contributed by atoms with Gasteiger partial charge in [-0.1, -0.05) is 0 Å². The highest BCUT2D eigenvalue weighted by Crippen LogP contribution is 2.22. The largest absolute Gasteiger partial charge is 0.485 e. The first-order valence-corrected chi connectivity index (χ1v) is 7.04. The summed E-state index contributed by atoms with van der Waals surface area (Å²) in [5.41, 5.74) is 0. The number of nitrogens with zero attached hydrogens (tertiary/aromatic N) is 2. The fourth-order valence-corrected chi connectivity index (χ4v) is 2.64. The van der Waals surface area contributed by atoms with Crippen LogP contribution in [-0.4, -0.2) is 15.8 Å². The summed E-state index contributed by atoms with van der Waals surface area (Å²) in [6.07, 6.45) is 6.29. The van der Waals surface area contributed by atoms with Crippen molar-refractivity contribution in [2.24, 2.45) is 7.05 Å². The maximum Gasteiger partial charge on any atom is 0.157 e. The second-order valence-corrected chi connectivity index (χ2v) is 5.91. The number of rotatable bonds is 6. The Morgan fingerprint density at radius 2 is 2.28 bits per heavy atom. The van der Waals surface area contributed by atoms with Gasteiger partial charge in [-0.05, 0) is 25.0 Å². The van der Waals surface area contributed by atoms with Crippen LogP contribution in [-0.2, 0) is 20.2 Å². The average Bonchev–Trinajstić information content (AvgIpc) is 2.93. The minimum Gasteiger partial charge on any atom is -0.485 e. The summed E-state index contributed by atoms with van der Waals surface area (Å²) in [6.45, 7) is 1.61. The van der Waals surface area contributed by atoms with Crippen LogP contribution in [0.2, 0.25) is 0 Å². The first kappa shape index (κ1) is 11.7. The van der Waals surface area contributed by atoms with Gasteiger partial charge in [0.05, 0.1) is 12.4 Å². The number of hydrogen-bond acceptors (Lipinski definition) is 4. The number of hydrogen-bond donors (Lipinski definition) is 1. The molecule has 1 fully saturated rings. The third-order valence-electron chi connectivity index (χ3n) is 2.92. The Bertz CT molecular complexity index is 516. The molecule has 0 bridgehead atoms. The van der Waals surface area contributed by atoms with Gasteiger partial charge in [0.1, 0.15) is 6.61 Å². The van der Waals surface area contributed by atoms with Crippen molar-refractivity contribution in [1.29, 1.82) is 0 Å². The maximum atomic E-state index is 5.67. The van der Waals surface area contributed by atoms with Gasteiger partial charge in [-0.25, -0.2) is 0 Å². The summed E-state index contributed by atoms with van der Waals surface area (Å²) < 4.78 is 7.42. The van der Waals surface area contributed by atoms with E-state index in [1.165, 1.54) is 22.6 Å². The number of aryl methyl sites for hydroxylation is 1. The molecular formula is C13H17N3OS. The van der Waals surface area contributed by atoms with E-state index >= 15 is 0 Å². The second kappa shape index (κ2) is 5.12. The Kier molecular flexibility index (Phi) is 3.34. The first-order chi connectivity index (χ1) is 8.79. The lowest BCUT2D eigenvalue weighted by atomic mass is 10.4. The fourth-order valence-electron chi connectivity index (χ4n) is 1.76.